The van der Waals surface area contributed by atoms with Gasteiger partial charge in [-0.3, -0.25) is 0 Å². The van der Waals surface area contributed by atoms with E-state index in [1.165, 1.54) is 64.2 Å². The number of benzene rings is 1. The predicted octanol–water partition coefficient (Wildman–Crippen LogP) is 10.5. The number of unbranched alkanes of at least 4 members (excludes halogenated alkanes) is 10. The van der Waals surface area contributed by atoms with Gasteiger partial charge in [0.1, 0.15) is 6.10 Å². The van der Waals surface area contributed by atoms with Crippen LogP contribution in [-0.4, -0.2) is 56.0 Å². The van der Waals surface area contributed by atoms with Gasteiger partial charge in [0.05, 0.1) is 29.8 Å². The van der Waals surface area contributed by atoms with Crippen molar-refractivity contribution in [2.24, 2.45) is 0 Å². The van der Waals surface area contributed by atoms with E-state index in [4.69, 9.17) is 13.6 Å². The van der Waals surface area contributed by atoms with Crippen molar-refractivity contribution in [1.29, 1.82) is 0 Å². The molecule has 0 spiro atoms. The van der Waals surface area contributed by atoms with Crippen molar-refractivity contribution in [2.75, 3.05) is 6.61 Å². The van der Waals surface area contributed by atoms with Crippen molar-refractivity contribution in [2.45, 2.75) is 198 Å². The van der Waals surface area contributed by atoms with Crippen molar-refractivity contribution in [1.82, 2.24) is 4.72 Å². The van der Waals surface area contributed by atoms with Crippen LogP contribution in [-0.2, 0) is 23.6 Å². The highest BCUT2D eigenvalue weighted by Gasteiger charge is 2.53. The Labute approximate surface area is 286 Å². The molecule has 0 aliphatic carbocycles. The predicted molar refractivity (Wildman–Crippen MR) is 200 cm³/mol. The molecular formula is C37H71NO5SSi2. The molecule has 1 aromatic rings. The summed E-state index contributed by atoms with van der Waals surface area (Å²) in [6, 6.07) is 6.47. The molecule has 4 atom stereocenters. The number of hydrogen-bond donors (Lipinski definition) is 1. The number of hydrogen-bond acceptors (Lipinski definition) is 5. The van der Waals surface area contributed by atoms with Gasteiger partial charge < -0.3 is 13.6 Å². The highest BCUT2D eigenvalue weighted by atomic mass is 32.2. The van der Waals surface area contributed by atoms with Crippen LogP contribution in [0.5, 0.6) is 0 Å². The van der Waals surface area contributed by atoms with Gasteiger partial charge >= 0.3 is 0 Å². The Morgan fingerprint density at radius 3 is 1.74 bits per heavy atom. The van der Waals surface area contributed by atoms with Crippen molar-refractivity contribution >= 4 is 26.7 Å². The van der Waals surface area contributed by atoms with Crippen LogP contribution in [0.4, 0.5) is 0 Å². The van der Waals surface area contributed by atoms with Crippen LogP contribution in [0.3, 0.4) is 0 Å². The SMILES string of the molecule is CCCCCCCCCCCCC[C@@H]1O[C@H]1[C@@H](O[Si](C)(C)C(C)(C)C)[C@H](CO[Si](C)(C)C(C)(C)C)NS(=O)(=O)c1ccc(C)cc1. The van der Waals surface area contributed by atoms with Gasteiger partial charge in [0.15, 0.2) is 16.6 Å². The molecule has 0 radical (unpaired) electrons. The maximum atomic E-state index is 13.8. The second kappa shape index (κ2) is 17.9. The van der Waals surface area contributed by atoms with Gasteiger partial charge in [0.25, 0.3) is 0 Å². The van der Waals surface area contributed by atoms with E-state index in [9.17, 15) is 8.42 Å². The first kappa shape index (κ1) is 41.6. The largest absolute Gasteiger partial charge is 0.415 e. The number of rotatable bonds is 22. The number of sulfonamides is 1. The number of epoxide rings is 1. The topological polar surface area (TPSA) is 77.2 Å². The molecule has 1 aromatic carbocycles. The fraction of sp³-hybridized carbons (Fsp3) is 0.838. The maximum Gasteiger partial charge on any atom is 0.240 e. The van der Waals surface area contributed by atoms with E-state index in [1.54, 1.807) is 12.1 Å². The Kier molecular flexibility index (Phi) is 16.2. The summed E-state index contributed by atoms with van der Waals surface area (Å²) in [5, 5.41) is -0.0385. The Morgan fingerprint density at radius 1 is 0.783 bits per heavy atom. The lowest BCUT2D eigenvalue weighted by Crippen LogP contribution is -2.57. The molecule has 1 fully saturated rings. The van der Waals surface area contributed by atoms with Crippen LogP contribution in [0.25, 0.3) is 0 Å². The minimum Gasteiger partial charge on any atom is -0.415 e. The molecule has 6 nitrogen and oxygen atoms in total. The fourth-order valence-corrected chi connectivity index (χ4v) is 8.87. The molecule has 1 aliphatic rings. The standard InChI is InChI=1S/C37H71NO5SSi2/c1-13-14-15-16-17-18-19-20-21-22-23-24-33-35(42-33)34(43-46(11,12)37(6,7)8)32(29-41-45(9,10)36(3,4)5)38-44(39,40)31-27-25-30(2)26-28-31/h25-28,32-35,38H,13-24,29H2,1-12H3/t32-,33-,34-,35+/m0/s1. The minimum absolute atomic E-state index is 0.00314. The molecule has 0 amide bonds. The fourth-order valence-electron chi connectivity index (χ4n) is 5.28. The van der Waals surface area contributed by atoms with Crippen molar-refractivity contribution < 1.29 is 22.0 Å². The summed E-state index contributed by atoms with van der Waals surface area (Å²) in [7, 11) is -8.27. The molecule has 46 heavy (non-hydrogen) atoms. The Hall–Kier alpha value is -0.556. The van der Waals surface area contributed by atoms with E-state index >= 15 is 0 Å². The molecule has 0 unspecified atom stereocenters. The van der Waals surface area contributed by atoms with Crippen molar-refractivity contribution in [3.8, 4) is 0 Å². The zero-order valence-electron chi connectivity index (χ0n) is 31.8. The highest BCUT2D eigenvalue weighted by Crippen LogP contribution is 2.42. The first-order chi connectivity index (χ1) is 21.2. The Balaban J connectivity index is 2.18. The molecular weight excluding hydrogens is 627 g/mol. The molecule has 1 N–H and O–H groups in total. The maximum absolute atomic E-state index is 13.8. The third-order valence-electron chi connectivity index (χ3n) is 10.7. The zero-order chi connectivity index (χ0) is 34.8. The first-order valence-electron chi connectivity index (χ1n) is 18.3. The van der Waals surface area contributed by atoms with Crippen LogP contribution in [0.2, 0.25) is 36.3 Å². The quantitative estimate of drug-likeness (QED) is 0.0741. The second-order valence-corrected chi connectivity index (χ2v) is 28.2. The Bertz CT molecular complexity index is 1130. The van der Waals surface area contributed by atoms with Crippen molar-refractivity contribution in [3.05, 3.63) is 29.8 Å². The van der Waals surface area contributed by atoms with E-state index in [0.717, 1.165) is 18.4 Å². The zero-order valence-corrected chi connectivity index (χ0v) is 34.6. The average Bonchev–Trinajstić information content (AvgIpc) is 3.71. The van der Waals surface area contributed by atoms with Crippen LogP contribution < -0.4 is 4.72 Å². The van der Waals surface area contributed by atoms with E-state index < -0.39 is 38.8 Å². The molecule has 268 valence electrons. The monoisotopic (exact) mass is 697 g/mol. The normalized spacial score (nSPS) is 19.3. The number of ether oxygens (including phenoxy) is 1. The van der Waals surface area contributed by atoms with Gasteiger partial charge in [-0.1, -0.05) is 137 Å². The summed E-state index contributed by atoms with van der Waals surface area (Å²) in [6.07, 6.45) is 15.0. The lowest BCUT2D eigenvalue weighted by molar-refractivity contribution is 0.0857. The summed E-state index contributed by atoms with van der Waals surface area (Å²) in [5.41, 5.74) is 1.02. The van der Waals surface area contributed by atoms with Gasteiger partial charge in [0.2, 0.25) is 10.0 Å². The molecule has 0 saturated carbocycles. The van der Waals surface area contributed by atoms with Crippen LogP contribution in [0.1, 0.15) is 131 Å². The Morgan fingerprint density at radius 2 is 1.26 bits per heavy atom. The van der Waals surface area contributed by atoms with Crippen LogP contribution in [0.15, 0.2) is 29.2 Å². The summed E-state index contributed by atoms with van der Waals surface area (Å²) in [5.74, 6) is 0. The number of nitrogens with one attached hydrogen (secondary N) is 1. The summed E-state index contributed by atoms with van der Waals surface area (Å²) >= 11 is 0. The lowest BCUT2D eigenvalue weighted by Gasteiger charge is -2.42. The average molecular weight is 698 g/mol. The van der Waals surface area contributed by atoms with E-state index in [0.29, 0.717) is 0 Å². The molecule has 1 aliphatic heterocycles. The van der Waals surface area contributed by atoms with Gasteiger partial charge in [0, 0.05) is 0 Å². The highest BCUT2D eigenvalue weighted by molar-refractivity contribution is 7.89. The van der Waals surface area contributed by atoms with E-state index in [-0.39, 0.29) is 33.8 Å². The second-order valence-electron chi connectivity index (χ2n) is 16.9. The summed E-state index contributed by atoms with van der Waals surface area (Å²) in [4.78, 5) is 0.260. The summed E-state index contributed by atoms with van der Waals surface area (Å²) in [6.45, 7) is 26.7. The van der Waals surface area contributed by atoms with Gasteiger partial charge in [-0.25, -0.2) is 13.1 Å². The van der Waals surface area contributed by atoms with Crippen LogP contribution >= 0.6 is 0 Å². The third kappa shape index (κ3) is 13.4. The number of aryl methyl sites for hydroxylation is 1. The molecule has 0 aromatic heterocycles. The molecule has 2 rings (SSSR count). The first-order valence-corrected chi connectivity index (χ1v) is 25.6. The van der Waals surface area contributed by atoms with Gasteiger partial charge in [-0.15, -0.1) is 0 Å². The lowest BCUT2D eigenvalue weighted by atomic mass is 10.0. The smallest absolute Gasteiger partial charge is 0.240 e. The molecule has 0 bridgehead atoms. The van der Waals surface area contributed by atoms with Gasteiger partial charge in [-0.2, -0.15) is 0 Å². The molecule has 1 heterocycles. The minimum atomic E-state index is -3.81. The van der Waals surface area contributed by atoms with Gasteiger partial charge in [-0.05, 0) is 61.7 Å². The van der Waals surface area contributed by atoms with E-state index in [1.807, 2.05) is 19.1 Å². The molecule has 1 saturated heterocycles. The van der Waals surface area contributed by atoms with Crippen molar-refractivity contribution in [3.63, 3.8) is 0 Å². The summed E-state index contributed by atoms with van der Waals surface area (Å²) < 4.78 is 50.9. The van der Waals surface area contributed by atoms with Crippen LogP contribution in [0, 0.1) is 6.92 Å². The third-order valence-corrected chi connectivity index (χ3v) is 21.2. The van der Waals surface area contributed by atoms with E-state index in [2.05, 4.69) is 79.4 Å². The molecule has 9 heteroatoms.